The van der Waals surface area contributed by atoms with Crippen LogP contribution in [0, 0.1) is 5.92 Å². The van der Waals surface area contributed by atoms with Crippen LogP contribution in [0.5, 0.6) is 11.5 Å². The van der Waals surface area contributed by atoms with Gasteiger partial charge in [-0.25, -0.2) is 0 Å². The van der Waals surface area contributed by atoms with Gasteiger partial charge in [0.25, 0.3) is 5.91 Å². The van der Waals surface area contributed by atoms with Gasteiger partial charge < -0.3 is 19.5 Å². The van der Waals surface area contributed by atoms with Crippen LogP contribution < -0.4 is 14.8 Å². The van der Waals surface area contributed by atoms with Crippen LogP contribution in [0.2, 0.25) is 0 Å². The van der Waals surface area contributed by atoms with E-state index < -0.39 is 0 Å². The molecule has 2 aromatic rings. The molecule has 1 amide bonds. The van der Waals surface area contributed by atoms with Gasteiger partial charge in [-0.1, -0.05) is 44.2 Å². The van der Waals surface area contributed by atoms with Crippen molar-refractivity contribution >= 4 is 11.6 Å². The third-order valence-corrected chi connectivity index (χ3v) is 5.31. The van der Waals surface area contributed by atoms with Crippen LogP contribution in [-0.2, 0) is 4.74 Å². The first-order valence-electron chi connectivity index (χ1n) is 10.5. The lowest BCUT2D eigenvalue weighted by molar-refractivity contribution is 0.101. The molecular weight excluding hydrogens is 366 g/mol. The van der Waals surface area contributed by atoms with E-state index >= 15 is 0 Å². The number of anilines is 1. The van der Waals surface area contributed by atoms with Gasteiger partial charge in [-0.2, -0.15) is 0 Å². The number of ether oxygens (including phenoxy) is 3. The number of para-hydroxylation sites is 1. The van der Waals surface area contributed by atoms with Crippen LogP contribution >= 0.6 is 0 Å². The molecule has 1 N–H and O–H groups in total. The molecule has 0 heterocycles. The molecule has 0 spiro atoms. The second-order valence-electron chi connectivity index (χ2n) is 7.46. The van der Waals surface area contributed by atoms with E-state index in [1.165, 1.54) is 32.1 Å². The normalized spacial score (nSPS) is 14.4. The second-order valence-corrected chi connectivity index (χ2v) is 7.46. The average Bonchev–Trinajstić information content (AvgIpc) is 2.76. The van der Waals surface area contributed by atoms with Gasteiger partial charge in [0, 0.05) is 12.8 Å². The maximum absolute atomic E-state index is 12.6. The Morgan fingerprint density at radius 2 is 1.69 bits per heavy atom. The SMILES string of the molecule is COCCOc1ccccc1C(=O)Nc1ccc(OCCC2CCCCC2)cc1. The van der Waals surface area contributed by atoms with Crippen molar-refractivity contribution < 1.29 is 19.0 Å². The molecule has 1 saturated carbocycles. The first-order valence-corrected chi connectivity index (χ1v) is 10.5. The minimum absolute atomic E-state index is 0.205. The molecule has 29 heavy (non-hydrogen) atoms. The molecule has 5 nitrogen and oxygen atoms in total. The zero-order valence-corrected chi connectivity index (χ0v) is 17.2. The molecule has 0 atom stereocenters. The third-order valence-electron chi connectivity index (χ3n) is 5.31. The van der Waals surface area contributed by atoms with Crippen molar-refractivity contribution in [1.82, 2.24) is 0 Å². The van der Waals surface area contributed by atoms with Gasteiger partial charge in [0.15, 0.2) is 0 Å². The topological polar surface area (TPSA) is 56.8 Å². The standard InChI is InChI=1S/C24H31NO4/c1-27-17-18-29-23-10-6-5-9-22(23)24(26)25-20-11-13-21(14-12-20)28-16-15-19-7-3-2-4-8-19/h5-6,9-14,19H,2-4,7-8,15-18H2,1H3,(H,25,26). The first kappa shape index (κ1) is 21.2. The fourth-order valence-corrected chi connectivity index (χ4v) is 3.67. The molecule has 1 fully saturated rings. The summed E-state index contributed by atoms with van der Waals surface area (Å²) < 4.78 is 16.5. The largest absolute Gasteiger partial charge is 0.494 e. The number of carbonyl (C=O) groups excluding carboxylic acids is 1. The van der Waals surface area contributed by atoms with Crippen molar-refractivity contribution in [2.75, 3.05) is 32.2 Å². The lowest BCUT2D eigenvalue weighted by atomic mass is 9.87. The zero-order chi connectivity index (χ0) is 20.3. The summed E-state index contributed by atoms with van der Waals surface area (Å²) in [4.78, 5) is 12.6. The van der Waals surface area contributed by atoms with Gasteiger partial charge in [0.05, 0.1) is 18.8 Å². The molecule has 0 saturated heterocycles. The quantitative estimate of drug-likeness (QED) is 0.552. The molecule has 1 aliphatic rings. The van der Waals surface area contributed by atoms with Gasteiger partial charge in [0.1, 0.15) is 18.1 Å². The first-order chi connectivity index (χ1) is 14.3. The van der Waals surface area contributed by atoms with Crippen LogP contribution in [0.1, 0.15) is 48.9 Å². The Balaban J connectivity index is 1.49. The highest BCUT2D eigenvalue weighted by molar-refractivity contribution is 6.06. The smallest absolute Gasteiger partial charge is 0.259 e. The summed E-state index contributed by atoms with van der Waals surface area (Å²) in [5.74, 6) is 1.99. The van der Waals surface area contributed by atoms with Crippen LogP contribution in [0.4, 0.5) is 5.69 Å². The fourth-order valence-electron chi connectivity index (χ4n) is 3.67. The highest BCUT2D eigenvalue weighted by Gasteiger charge is 2.14. The van der Waals surface area contributed by atoms with Gasteiger partial charge in [0.2, 0.25) is 0 Å². The van der Waals surface area contributed by atoms with Crippen molar-refractivity contribution in [3.05, 3.63) is 54.1 Å². The van der Waals surface area contributed by atoms with Crippen LogP contribution in [-0.4, -0.2) is 32.8 Å². The number of carbonyl (C=O) groups is 1. The summed E-state index contributed by atoms with van der Waals surface area (Å²) in [6, 6.07) is 14.7. The number of rotatable bonds is 10. The average molecular weight is 398 g/mol. The Morgan fingerprint density at radius 3 is 2.45 bits per heavy atom. The monoisotopic (exact) mass is 397 g/mol. The van der Waals surface area contributed by atoms with Gasteiger partial charge >= 0.3 is 0 Å². The van der Waals surface area contributed by atoms with E-state index in [-0.39, 0.29) is 5.91 Å². The molecule has 0 aromatic heterocycles. The molecule has 1 aliphatic carbocycles. The minimum atomic E-state index is -0.205. The summed E-state index contributed by atoms with van der Waals surface area (Å²) in [5, 5.41) is 2.92. The Labute approximate surface area is 173 Å². The number of hydrogen-bond acceptors (Lipinski definition) is 4. The molecule has 5 heteroatoms. The molecule has 0 radical (unpaired) electrons. The molecule has 3 rings (SSSR count). The maximum Gasteiger partial charge on any atom is 0.259 e. The van der Waals surface area contributed by atoms with Crippen molar-refractivity contribution in [3.8, 4) is 11.5 Å². The van der Waals surface area contributed by atoms with Crippen LogP contribution in [0.3, 0.4) is 0 Å². The van der Waals surface area contributed by atoms with Crippen LogP contribution in [0.25, 0.3) is 0 Å². The summed E-state index contributed by atoms with van der Waals surface area (Å²) in [5.41, 5.74) is 1.22. The second kappa shape index (κ2) is 11.5. The van der Waals surface area contributed by atoms with Crippen molar-refractivity contribution in [1.29, 1.82) is 0 Å². The van der Waals surface area contributed by atoms with E-state index in [1.54, 1.807) is 19.2 Å². The van der Waals surface area contributed by atoms with Gasteiger partial charge in [-0.15, -0.1) is 0 Å². The van der Waals surface area contributed by atoms with Crippen molar-refractivity contribution in [3.63, 3.8) is 0 Å². The van der Waals surface area contributed by atoms with Crippen molar-refractivity contribution in [2.24, 2.45) is 5.92 Å². The van der Waals surface area contributed by atoms with Crippen LogP contribution in [0.15, 0.2) is 48.5 Å². The Bertz CT molecular complexity index is 754. The predicted octanol–water partition coefficient (Wildman–Crippen LogP) is 5.31. The molecule has 2 aromatic carbocycles. The number of methoxy groups -OCH3 is 1. The van der Waals surface area contributed by atoms with E-state index in [9.17, 15) is 4.79 Å². The summed E-state index contributed by atoms with van der Waals surface area (Å²) in [6.45, 7) is 1.62. The van der Waals surface area contributed by atoms with E-state index in [1.807, 2.05) is 36.4 Å². The Hall–Kier alpha value is -2.53. The number of nitrogens with one attached hydrogen (secondary N) is 1. The lowest BCUT2D eigenvalue weighted by Gasteiger charge is -2.21. The molecule has 0 bridgehead atoms. The minimum Gasteiger partial charge on any atom is -0.494 e. The van der Waals surface area contributed by atoms with E-state index in [0.29, 0.717) is 24.5 Å². The van der Waals surface area contributed by atoms with Gasteiger partial charge in [-0.3, -0.25) is 4.79 Å². The molecular formula is C24H31NO4. The van der Waals surface area contributed by atoms with E-state index in [0.717, 1.165) is 30.4 Å². The molecule has 156 valence electrons. The van der Waals surface area contributed by atoms with Gasteiger partial charge in [-0.05, 0) is 48.7 Å². The summed E-state index contributed by atoms with van der Waals surface area (Å²) >= 11 is 0. The highest BCUT2D eigenvalue weighted by atomic mass is 16.5. The third kappa shape index (κ3) is 6.79. The van der Waals surface area contributed by atoms with Crippen molar-refractivity contribution in [2.45, 2.75) is 38.5 Å². The number of hydrogen-bond donors (Lipinski definition) is 1. The Kier molecular flexibility index (Phi) is 8.38. The highest BCUT2D eigenvalue weighted by Crippen LogP contribution is 2.27. The number of benzene rings is 2. The summed E-state index contributed by atoms with van der Waals surface area (Å²) in [6.07, 6.45) is 7.90. The maximum atomic E-state index is 12.6. The predicted molar refractivity (Wildman–Crippen MR) is 115 cm³/mol. The Morgan fingerprint density at radius 1 is 0.931 bits per heavy atom. The van der Waals surface area contributed by atoms with E-state index in [2.05, 4.69) is 5.32 Å². The lowest BCUT2D eigenvalue weighted by Crippen LogP contribution is -2.15. The summed E-state index contributed by atoms with van der Waals surface area (Å²) in [7, 11) is 1.62. The molecule has 0 aliphatic heterocycles. The number of amides is 1. The van der Waals surface area contributed by atoms with E-state index in [4.69, 9.17) is 14.2 Å². The molecule has 0 unspecified atom stereocenters. The fraction of sp³-hybridized carbons (Fsp3) is 0.458. The zero-order valence-electron chi connectivity index (χ0n) is 17.2.